The first-order valence-electron chi connectivity index (χ1n) is 12.3. The molecule has 0 amide bonds. The molecule has 0 N–H and O–H groups in total. The monoisotopic (exact) mass is 498 g/mol. The fourth-order valence-electron chi connectivity index (χ4n) is 4.96. The first kappa shape index (κ1) is 24.3. The van der Waals surface area contributed by atoms with E-state index in [2.05, 4.69) is 49.7 Å². The minimum absolute atomic E-state index is 0.143. The van der Waals surface area contributed by atoms with Crippen LogP contribution in [0.2, 0.25) is 0 Å². The zero-order valence-corrected chi connectivity index (χ0v) is 21.7. The molecular weight excluding hydrogens is 466 g/mol. The molecule has 2 atom stereocenters. The summed E-state index contributed by atoms with van der Waals surface area (Å²) in [5.74, 6) is 0.123. The van der Waals surface area contributed by atoms with Gasteiger partial charge >= 0.3 is 0 Å². The van der Waals surface area contributed by atoms with E-state index in [4.69, 9.17) is 10.1 Å². The topological polar surface area (TPSA) is 58.7 Å². The molecule has 0 aliphatic carbocycles. The van der Waals surface area contributed by atoms with E-state index in [9.17, 15) is 8.78 Å². The van der Waals surface area contributed by atoms with E-state index in [0.29, 0.717) is 17.1 Å². The van der Waals surface area contributed by atoms with E-state index < -0.39 is 17.7 Å². The van der Waals surface area contributed by atoms with Gasteiger partial charge in [-0.3, -0.25) is 9.89 Å². The number of halogens is 2. The smallest absolute Gasteiger partial charge is 0.177 e. The van der Waals surface area contributed by atoms with Crippen molar-refractivity contribution in [1.82, 2.24) is 24.7 Å². The van der Waals surface area contributed by atoms with E-state index in [1.165, 1.54) is 12.1 Å². The van der Waals surface area contributed by atoms with Gasteiger partial charge in [-0.05, 0) is 64.9 Å². The number of benzene rings is 1. The van der Waals surface area contributed by atoms with Crippen LogP contribution in [0.15, 0.2) is 35.3 Å². The van der Waals surface area contributed by atoms with Crippen LogP contribution in [0, 0.1) is 17.6 Å². The first-order chi connectivity index (χ1) is 16.6. The molecule has 2 aliphatic rings. The number of thioether (sulfide) groups is 1. The summed E-state index contributed by atoms with van der Waals surface area (Å²) in [6.45, 7) is 12.9. The number of piperidine rings is 1. The third-order valence-electron chi connectivity index (χ3n) is 6.99. The molecule has 3 aromatic rings. The Morgan fingerprint density at radius 2 is 1.77 bits per heavy atom. The molecule has 0 bridgehead atoms. The summed E-state index contributed by atoms with van der Waals surface area (Å²) in [6, 6.07) is 7.14. The number of likely N-dealkylation sites (tertiary alicyclic amines) is 1. The van der Waals surface area contributed by atoms with Crippen LogP contribution in [0.1, 0.15) is 81.8 Å². The Kier molecular flexibility index (Phi) is 6.42. The number of fused-ring (bicyclic) bond motifs is 1. The van der Waals surface area contributed by atoms with Gasteiger partial charge in [-0.15, -0.1) is 10.2 Å². The van der Waals surface area contributed by atoms with Gasteiger partial charge < -0.3 is 0 Å². The number of aromatic nitrogens is 4. The van der Waals surface area contributed by atoms with Gasteiger partial charge in [-0.1, -0.05) is 31.7 Å². The second-order valence-corrected chi connectivity index (χ2v) is 12.0. The van der Waals surface area contributed by atoms with Crippen molar-refractivity contribution in [3.8, 4) is 0 Å². The Hall–Kier alpha value is -2.39. The van der Waals surface area contributed by atoms with Gasteiger partial charge in [0.2, 0.25) is 0 Å². The van der Waals surface area contributed by atoms with Gasteiger partial charge in [0.25, 0.3) is 0 Å². The molecule has 9 heteroatoms. The molecule has 6 nitrogen and oxygen atoms in total. The summed E-state index contributed by atoms with van der Waals surface area (Å²) in [7, 11) is 0. The molecule has 2 aliphatic heterocycles. The van der Waals surface area contributed by atoms with Crippen molar-refractivity contribution in [2.75, 3.05) is 13.1 Å². The highest BCUT2D eigenvalue weighted by atomic mass is 32.2. The first-order valence-corrected chi connectivity index (χ1v) is 13.2. The van der Waals surface area contributed by atoms with Crippen molar-refractivity contribution in [3.63, 3.8) is 0 Å². The number of hydrogen-bond donors (Lipinski definition) is 0. The van der Waals surface area contributed by atoms with Gasteiger partial charge in [-0.2, -0.15) is 9.61 Å². The summed E-state index contributed by atoms with van der Waals surface area (Å²) in [5.41, 5.74) is 2.02. The van der Waals surface area contributed by atoms with Gasteiger partial charge in [0.15, 0.2) is 11.5 Å². The van der Waals surface area contributed by atoms with Crippen LogP contribution >= 0.6 is 11.8 Å². The van der Waals surface area contributed by atoms with Gasteiger partial charge in [0.1, 0.15) is 11.6 Å². The van der Waals surface area contributed by atoms with Crippen molar-refractivity contribution in [2.24, 2.45) is 10.9 Å². The summed E-state index contributed by atoms with van der Waals surface area (Å²) in [5, 5.41) is 14.2. The molecule has 1 saturated heterocycles. The summed E-state index contributed by atoms with van der Waals surface area (Å²) < 4.78 is 30.4. The highest BCUT2D eigenvalue weighted by Gasteiger charge is 2.39. The molecule has 1 fully saturated rings. The average Bonchev–Trinajstić information content (AvgIpc) is 3.43. The maximum atomic E-state index is 14.9. The molecular formula is C26H32F2N6S. The molecule has 186 valence electrons. The predicted octanol–water partition coefficient (Wildman–Crippen LogP) is 5.96. The van der Waals surface area contributed by atoms with Crippen LogP contribution in [0.25, 0.3) is 5.65 Å². The molecule has 1 aromatic carbocycles. The SMILES string of the molecule is CC(C)c1nnc2ccc(C3SC(C4CCN(C(C)(C)C)CC4)=NC3c3ccc(F)cc3F)nn12. The Morgan fingerprint density at radius 3 is 2.43 bits per heavy atom. The van der Waals surface area contributed by atoms with E-state index in [1.807, 2.05) is 12.1 Å². The largest absolute Gasteiger partial charge is 0.298 e. The summed E-state index contributed by atoms with van der Waals surface area (Å²) in [6.07, 6.45) is 2.04. The Labute approximate surface area is 209 Å². The zero-order chi connectivity index (χ0) is 24.9. The second-order valence-electron chi connectivity index (χ2n) is 10.8. The summed E-state index contributed by atoms with van der Waals surface area (Å²) >= 11 is 1.67. The van der Waals surface area contributed by atoms with Crippen LogP contribution in [-0.2, 0) is 0 Å². The minimum Gasteiger partial charge on any atom is -0.298 e. The molecule has 2 aromatic heterocycles. The lowest BCUT2D eigenvalue weighted by Crippen LogP contribution is -2.46. The summed E-state index contributed by atoms with van der Waals surface area (Å²) in [4.78, 5) is 7.57. The van der Waals surface area contributed by atoms with E-state index >= 15 is 0 Å². The number of hydrogen-bond acceptors (Lipinski definition) is 6. The van der Waals surface area contributed by atoms with Crippen molar-refractivity contribution in [2.45, 2.75) is 70.2 Å². The standard InChI is InChI=1S/C26H32F2N6S/c1-15(2)24-31-30-21-9-8-20(32-34(21)24)23-22(18-7-6-17(27)14-19(18)28)29-25(35-23)16-10-12-33(13-11-16)26(3,4)5/h6-9,14-16,22-23H,10-13H2,1-5H3. The zero-order valence-electron chi connectivity index (χ0n) is 20.9. The van der Waals surface area contributed by atoms with Crippen LogP contribution in [0.4, 0.5) is 8.78 Å². The fourth-order valence-corrected chi connectivity index (χ4v) is 6.40. The quantitative estimate of drug-likeness (QED) is 0.444. The van der Waals surface area contributed by atoms with Gasteiger partial charge in [-0.25, -0.2) is 8.78 Å². The number of rotatable bonds is 4. The van der Waals surface area contributed by atoms with Crippen molar-refractivity contribution in [1.29, 1.82) is 0 Å². The molecule has 0 radical (unpaired) electrons. The van der Waals surface area contributed by atoms with Crippen LogP contribution in [-0.4, -0.2) is 48.4 Å². The van der Waals surface area contributed by atoms with Gasteiger partial charge in [0.05, 0.1) is 22.0 Å². The molecule has 35 heavy (non-hydrogen) atoms. The highest BCUT2D eigenvalue weighted by Crippen LogP contribution is 2.51. The molecule has 0 saturated carbocycles. The van der Waals surface area contributed by atoms with Crippen LogP contribution < -0.4 is 0 Å². The lowest BCUT2D eigenvalue weighted by molar-refractivity contribution is 0.101. The van der Waals surface area contributed by atoms with Crippen LogP contribution in [0.3, 0.4) is 0 Å². The Bertz CT molecular complexity index is 1260. The maximum absolute atomic E-state index is 14.9. The molecule has 2 unspecified atom stereocenters. The third-order valence-corrected chi connectivity index (χ3v) is 8.42. The Morgan fingerprint density at radius 1 is 1.03 bits per heavy atom. The highest BCUT2D eigenvalue weighted by molar-refractivity contribution is 8.14. The van der Waals surface area contributed by atoms with Crippen molar-refractivity contribution >= 4 is 22.5 Å². The normalized spacial score (nSPS) is 22.3. The van der Waals surface area contributed by atoms with Gasteiger partial charge in [0, 0.05) is 29.0 Å². The molecule has 5 rings (SSSR count). The molecule has 4 heterocycles. The van der Waals surface area contributed by atoms with Crippen molar-refractivity contribution < 1.29 is 8.78 Å². The van der Waals surface area contributed by atoms with E-state index in [0.717, 1.165) is 48.6 Å². The minimum atomic E-state index is -0.585. The average molecular weight is 499 g/mol. The lowest BCUT2D eigenvalue weighted by Gasteiger charge is -2.40. The van der Waals surface area contributed by atoms with E-state index in [-0.39, 0.29) is 16.7 Å². The molecule has 0 spiro atoms. The Balaban J connectivity index is 1.49. The number of nitrogens with zero attached hydrogens (tertiary/aromatic N) is 6. The fraction of sp³-hybridized carbons (Fsp3) is 0.538. The number of aliphatic imine (C=N–C) groups is 1. The maximum Gasteiger partial charge on any atom is 0.177 e. The second kappa shape index (κ2) is 9.24. The predicted molar refractivity (Wildman–Crippen MR) is 136 cm³/mol. The van der Waals surface area contributed by atoms with E-state index in [1.54, 1.807) is 16.3 Å². The third kappa shape index (κ3) is 4.72. The lowest BCUT2D eigenvalue weighted by atomic mass is 9.93. The van der Waals surface area contributed by atoms with Crippen molar-refractivity contribution in [3.05, 3.63) is 59.0 Å². The van der Waals surface area contributed by atoms with Crippen LogP contribution in [0.5, 0.6) is 0 Å².